The Kier molecular flexibility index (Phi) is 9.96. The predicted molar refractivity (Wildman–Crippen MR) is 106 cm³/mol. The average molecular weight is 385 g/mol. The second kappa shape index (κ2) is 11.7. The molecule has 1 amide bonds. The van der Waals surface area contributed by atoms with E-state index >= 15 is 0 Å². The van der Waals surface area contributed by atoms with Crippen LogP contribution in [0, 0.1) is 0 Å². The van der Waals surface area contributed by atoms with Gasteiger partial charge >= 0.3 is 12.1 Å². The molecular formula is C19H36N4O4. The van der Waals surface area contributed by atoms with E-state index in [1.165, 1.54) is 7.11 Å². The summed E-state index contributed by atoms with van der Waals surface area (Å²) in [6.07, 6.45) is 5.27. The van der Waals surface area contributed by atoms with E-state index in [2.05, 4.69) is 9.73 Å². The summed E-state index contributed by atoms with van der Waals surface area (Å²) in [5.41, 5.74) is 5.59. The molecule has 0 aromatic carbocycles. The van der Waals surface area contributed by atoms with Gasteiger partial charge in [0.1, 0.15) is 5.60 Å². The first kappa shape index (κ1) is 23.0. The van der Waals surface area contributed by atoms with Crippen LogP contribution in [0.15, 0.2) is 4.99 Å². The Labute approximate surface area is 163 Å². The van der Waals surface area contributed by atoms with Gasteiger partial charge in [-0.25, -0.2) is 4.79 Å². The molecule has 8 heteroatoms. The van der Waals surface area contributed by atoms with Crippen molar-refractivity contribution in [2.24, 2.45) is 10.7 Å². The van der Waals surface area contributed by atoms with E-state index in [4.69, 9.17) is 10.5 Å². The molecule has 2 N–H and O–H groups in total. The molecule has 1 heterocycles. The number of amides is 1. The summed E-state index contributed by atoms with van der Waals surface area (Å²) in [5.74, 6) is 0.406. The maximum absolute atomic E-state index is 12.1. The van der Waals surface area contributed by atoms with Crippen LogP contribution < -0.4 is 5.73 Å². The molecule has 8 nitrogen and oxygen atoms in total. The second-order valence-electron chi connectivity index (χ2n) is 7.79. The van der Waals surface area contributed by atoms with E-state index in [-0.39, 0.29) is 12.1 Å². The highest BCUT2D eigenvalue weighted by atomic mass is 16.6. The van der Waals surface area contributed by atoms with E-state index in [9.17, 15) is 9.59 Å². The van der Waals surface area contributed by atoms with Crippen molar-refractivity contribution in [3.63, 3.8) is 0 Å². The van der Waals surface area contributed by atoms with Gasteiger partial charge in [0, 0.05) is 39.1 Å². The van der Waals surface area contributed by atoms with E-state index in [0.29, 0.717) is 45.1 Å². The minimum atomic E-state index is -0.478. The molecule has 0 saturated carbocycles. The molecule has 1 rings (SSSR count). The smallest absolute Gasteiger partial charge is 0.410 e. The van der Waals surface area contributed by atoms with Crippen molar-refractivity contribution in [2.45, 2.75) is 64.9 Å². The van der Waals surface area contributed by atoms with Crippen molar-refractivity contribution in [1.82, 2.24) is 9.80 Å². The molecule has 1 fully saturated rings. The Balaban J connectivity index is 2.16. The number of piperazine rings is 1. The van der Waals surface area contributed by atoms with Crippen LogP contribution in [-0.4, -0.2) is 73.3 Å². The number of aliphatic imine (C=N–C) groups is 1. The molecule has 1 aliphatic heterocycles. The van der Waals surface area contributed by atoms with Crippen LogP contribution in [-0.2, 0) is 14.3 Å². The number of nitrogens with zero attached hydrogens (tertiary/aromatic N) is 3. The summed E-state index contributed by atoms with van der Waals surface area (Å²) in [6, 6.07) is 0. The zero-order chi connectivity index (χ0) is 20.3. The van der Waals surface area contributed by atoms with Crippen LogP contribution in [0.25, 0.3) is 0 Å². The number of rotatable bonds is 8. The molecule has 0 spiro atoms. The Morgan fingerprint density at radius 2 is 1.52 bits per heavy atom. The number of unbranched alkanes of at least 4 members (excludes halogenated alkanes) is 4. The highest BCUT2D eigenvalue weighted by Gasteiger charge is 2.26. The molecule has 0 radical (unpaired) electrons. The SMILES string of the molecule is COC(=O)CCCCCCCN=C(N)N1CCN(C(=O)OC(C)(C)C)CC1. The maximum atomic E-state index is 12.1. The van der Waals surface area contributed by atoms with Crippen molar-refractivity contribution < 1.29 is 19.1 Å². The van der Waals surface area contributed by atoms with E-state index in [1.54, 1.807) is 4.90 Å². The van der Waals surface area contributed by atoms with Gasteiger partial charge in [-0.1, -0.05) is 19.3 Å². The monoisotopic (exact) mass is 384 g/mol. The highest BCUT2D eigenvalue weighted by Crippen LogP contribution is 2.12. The average Bonchev–Trinajstić information content (AvgIpc) is 2.62. The Morgan fingerprint density at radius 3 is 2.11 bits per heavy atom. The van der Waals surface area contributed by atoms with Gasteiger partial charge in [0.2, 0.25) is 0 Å². The fourth-order valence-electron chi connectivity index (χ4n) is 2.75. The summed E-state index contributed by atoms with van der Waals surface area (Å²) in [5, 5.41) is 0. The largest absolute Gasteiger partial charge is 0.469 e. The van der Waals surface area contributed by atoms with Crippen molar-refractivity contribution in [2.75, 3.05) is 39.8 Å². The fourth-order valence-corrected chi connectivity index (χ4v) is 2.75. The van der Waals surface area contributed by atoms with Crippen LogP contribution in [0.4, 0.5) is 4.79 Å². The van der Waals surface area contributed by atoms with E-state index in [1.807, 2.05) is 25.7 Å². The minimum Gasteiger partial charge on any atom is -0.469 e. The number of guanidine groups is 1. The van der Waals surface area contributed by atoms with Crippen molar-refractivity contribution in [3.05, 3.63) is 0 Å². The molecular weight excluding hydrogens is 348 g/mol. The zero-order valence-corrected chi connectivity index (χ0v) is 17.3. The molecule has 0 bridgehead atoms. The Hall–Kier alpha value is -1.99. The molecule has 156 valence electrons. The van der Waals surface area contributed by atoms with E-state index < -0.39 is 5.60 Å². The van der Waals surface area contributed by atoms with Crippen LogP contribution in [0.3, 0.4) is 0 Å². The lowest BCUT2D eigenvalue weighted by Gasteiger charge is -2.36. The van der Waals surface area contributed by atoms with Gasteiger partial charge in [0.25, 0.3) is 0 Å². The number of hydrogen-bond acceptors (Lipinski definition) is 5. The lowest BCUT2D eigenvalue weighted by molar-refractivity contribution is -0.140. The summed E-state index contributed by atoms with van der Waals surface area (Å²) in [6.45, 7) is 8.82. The lowest BCUT2D eigenvalue weighted by atomic mass is 10.1. The molecule has 0 unspecified atom stereocenters. The first-order valence-electron chi connectivity index (χ1n) is 9.82. The van der Waals surface area contributed by atoms with E-state index in [0.717, 1.165) is 32.1 Å². The topological polar surface area (TPSA) is 97.5 Å². The zero-order valence-electron chi connectivity index (χ0n) is 17.3. The number of methoxy groups -OCH3 is 1. The molecule has 27 heavy (non-hydrogen) atoms. The summed E-state index contributed by atoms with van der Waals surface area (Å²) in [4.78, 5) is 31.2. The van der Waals surface area contributed by atoms with Crippen molar-refractivity contribution in [1.29, 1.82) is 0 Å². The lowest BCUT2D eigenvalue weighted by Crippen LogP contribution is -2.53. The molecule has 0 atom stereocenters. The van der Waals surface area contributed by atoms with Crippen LogP contribution in [0.5, 0.6) is 0 Å². The maximum Gasteiger partial charge on any atom is 0.410 e. The first-order chi connectivity index (χ1) is 12.7. The van der Waals surface area contributed by atoms with Gasteiger partial charge in [0.05, 0.1) is 7.11 Å². The normalized spacial score (nSPS) is 15.6. The van der Waals surface area contributed by atoms with Crippen molar-refractivity contribution in [3.8, 4) is 0 Å². The molecule has 0 aliphatic carbocycles. The van der Waals surface area contributed by atoms with Crippen LogP contribution in [0.2, 0.25) is 0 Å². The third-order valence-corrected chi connectivity index (χ3v) is 4.30. The summed E-state index contributed by atoms with van der Waals surface area (Å²) in [7, 11) is 1.42. The fraction of sp³-hybridized carbons (Fsp3) is 0.842. The highest BCUT2D eigenvalue weighted by molar-refractivity contribution is 5.78. The molecule has 1 saturated heterocycles. The summed E-state index contributed by atoms with van der Waals surface area (Å²) >= 11 is 0. The van der Waals surface area contributed by atoms with Crippen LogP contribution >= 0.6 is 0 Å². The van der Waals surface area contributed by atoms with Gasteiger partial charge in [0.15, 0.2) is 5.96 Å². The predicted octanol–water partition coefficient (Wildman–Crippen LogP) is 2.37. The molecule has 0 aromatic rings. The van der Waals surface area contributed by atoms with Gasteiger partial charge in [-0.15, -0.1) is 0 Å². The Morgan fingerprint density at radius 1 is 0.963 bits per heavy atom. The number of carbonyl (C=O) groups excluding carboxylic acids is 2. The third-order valence-electron chi connectivity index (χ3n) is 4.30. The van der Waals surface area contributed by atoms with Gasteiger partial charge in [-0.05, 0) is 33.6 Å². The quantitative estimate of drug-likeness (QED) is 0.299. The standard InChI is InChI=1S/C19H36N4O4/c1-19(2,3)27-18(25)23-14-12-22(13-15-23)17(20)21-11-9-7-5-6-8-10-16(24)26-4/h5-15H2,1-4H3,(H2,20,21). The van der Waals surface area contributed by atoms with Crippen LogP contribution in [0.1, 0.15) is 59.3 Å². The van der Waals surface area contributed by atoms with Gasteiger partial charge < -0.3 is 25.0 Å². The summed E-state index contributed by atoms with van der Waals surface area (Å²) < 4.78 is 10.0. The number of carbonyl (C=O) groups is 2. The first-order valence-corrected chi connectivity index (χ1v) is 9.82. The number of nitrogens with two attached hydrogens (primary N) is 1. The Bertz CT molecular complexity index is 494. The molecule has 1 aliphatic rings. The van der Waals surface area contributed by atoms with Crippen molar-refractivity contribution >= 4 is 18.0 Å². The van der Waals surface area contributed by atoms with Gasteiger partial charge in [-0.3, -0.25) is 9.79 Å². The number of ether oxygens (including phenoxy) is 2. The minimum absolute atomic E-state index is 0.140. The number of esters is 1. The third kappa shape index (κ3) is 10.1. The number of hydrogen-bond donors (Lipinski definition) is 1. The second-order valence-corrected chi connectivity index (χ2v) is 7.79. The van der Waals surface area contributed by atoms with Gasteiger partial charge in [-0.2, -0.15) is 0 Å². The molecule has 0 aromatic heterocycles.